The van der Waals surface area contributed by atoms with Gasteiger partial charge >= 0.3 is 0 Å². The molecule has 0 aliphatic carbocycles. The van der Waals surface area contributed by atoms with Gasteiger partial charge in [0.25, 0.3) is 0 Å². The molecule has 1 N–H and O–H groups in total. The van der Waals surface area contributed by atoms with Crippen molar-refractivity contribution >= 4 is 0 Å². The van der Waals surface area contributed by atoms with Crippen LogP contribution in [0.4, 0.5) is 0 Å². The van der Waals surface area contributed by atoms with Gasteiger partial charge in [-0.1, -0.05) is 0 Å². The molecule has 0 aromatic heterocycles. The number of ether oxygens (including phenoxy) is 1. The predicted octanol–water partition coefficient (Wildman–Crippen LogP) is -0.157. The Morgan fingerprint density at radius 3 is 3.11 bits per heavy atom. The average molecular weight is 130 g/mol. The van der Waals surface area contributed by atoms with Crippen LogP contribution in [0.5, 0.6) is 0 Å². The highest BCUT2D eigenvalue weighted by molar-refractivity contribution is 4.61. The van der Waals surface area contributed by atoms with Crippen molar-refractivity contribution in [1.29, 1.82) is 0 Å². The van der Waals surface area contributed by atoms with Crippen molar-refractivity contribution in [3.8, 4) is 0 Å². The number of hydrogen-bond donors (Lipinski definition) is 1. The minimum atomic E-state index is 0.781. The summed E-state index contributed by atoms with van der Waals surface area (Å²) in [7, 11) is 0. The average Bonchev–Trinajstić information content (AvgIpc) is 2.34. The summed E-state index contributed by atoms with van der Waals surface area (Å²) < 4.78 is 5.20. The lowest BCUT2D eigenvalue weighted by Gasteiger charge is -2.11. The van der Waals surface area contributed by atoms with E-state index in [1.165, 1.54) is 0 Å². The van der Waals surface area contributed by atoms with E-state index in [1.807, 2.05) is 6.92 Å². The smallest absolute Gasteiger partial charge is 0.100 e. The van der Waals surface area contributed by atoms with E-state index in [0.717, 1.165) is 33.1 Å². The third kappa shape index (κ3) is 2.30. The van der Waals surface area contributed by atoms with E-state index in [2.05, 4.69) is 10.2 Å². The molecule has 0 saturated carbocycles. The topological polar surface area (TPSA) is 24.5 Å². The van der Waals surface area contributed by atoms with Crippen LogP contribution in [0.2, 0.25) is 0 Å². The maximum Gasteiger partial charge on any atom is 0.100 e. The molecule has 9 heavy (non-hydrogen) atoms. The molecule has 54 valence electrons. The summed E-state index contributed by atoms with van der Waals surface area (Å²) in [6.07, 6.45) is 0. The molecule has 3 heteroatoms. The molecule has 1 aliphatic heterocycles. The summed E-state index contributed by atoms with van der Waals surface area (Å²) in [4.78, 5) is 2.24. The number of hydrogen-bond acceptors (Lipinski definition) is 3. The van der Waals surface area contributed by atoms with E-state index in [9.17, 15) is 0 Å². The van der Waals surface area contributed by atoms with Crippen LogP contribution < -0.4 is 5.32 Å². The Morgan fingerprint density at radius 1 is 1.67 bits per heavy atom. The zero-order valence-electron chi connectivity index (χ0n) is 5.89. The minimum Gasteiger partial charge on any atom is -0.366 e. The Kier molecular flexibility index (Phi) is 2.97. The van der Waals surface area contributed by atoms with Gasteiger partial charge in [-0.15, -0.1) is 0 Å². The molecule has 0 bridgehead atoms. The lowest BCUT2D eigenvalue weighted by molar-refractivity contribution is 0.0490. The summed E-state index contributed by atoms with van der Waals surface area (Å²) in [5.41, 5.74) is 0. The van der Waals surface area contributed by atoms with E-state index in [4.69, 9.17) is 4.74 Å². The fourth-order valence-electron chi connectivity index (χ4n) is 0.884. The number of nitrogens with one attached hydrogen (secondary N) is 1. The monoisotopic (exact) mass is 130 g/mol. The second kappa shape index (κ2) is 3.82. The molecule has 0 atom stereocenters. The van der Waals surface area contributed by atoms with Gasteiger partial charge in [0, 0.05) is 19.7 Å². The first-order valence-corrected chi connectivity index (χ1v) is 3.44. The van der Waals surface area contributed by atoms with Gasteiger partial charge in [0.15, 0.2) is 0 Å². The van der Waals surface area contributed by atoms with Gasteiger partial charge in [-0.3, -0.25) is 4.90 Å². The van der Waals surface area contributed by atoms with Gasteiger partial charge in [0.1, 0.15) is 6.73 Å². The summed E-state index contributed by atoms with van der Waals surface area (Å²) >= 11 is 0. The third-order valence-corrected chi connectivity index (χ3v) is 1.42. The quantitative estimate of drug-likeness (QED) is 0.574. The van der Waals surface area contributed by atoms with Crippen LogP contribution in [0, 0.1) is 0 Å². The summed E-state index contributed by atoms with van der Waals surface area (Å²) in [6, 6.07) is 0. The highest BCUT2D eigenvalue weighted by atomic mass is 16.5. The van der Waals surface area contributed by atoms with Gasteiger partial charge in [0.05, 0.1) is 6.67 Å². The molecule has 3 nitrogen and oxygen atoms in total. The largest absolute Gasteiger partial charge is 0.366 e. The highest BCUT2D eigenvalue weighted by Gasteiger charge is 2.08. The van der Waals surface area contributed by atoms with Crippen molar-refractivity contribution in [3.63, 3.8) is 0 Å². The van der Waals surface area contributed by atoms with Crippen molar-refractivity contribution < 1.29 is 4.74 Å². The minimum absolute atomic E-state index is 0.781. The van der Waals surface area contributed by atoms with Crippen LogP contribution in [0.1, 0.15) is 6.92 Å². The molecule has 0 aromatic carbocycles. The molecule has 0 aromatic rings. The molecule has 0 amide bonds. The molecule has 1 rings (SSSR count). The van der Waals surface area contributed by atoms with Gasteiger partial charge in [-0.25, -0.2) is 0 Å². The second-order valence-corrected chi connectivity index (χ2v) is 2.17. The molecule has 1 heterocycles. The van der Waals surface area contributed by atoms with Crippen LogP contribution in [-0.2, 0) is 4.74 Å². The van der Waals surface area contributed by atoms with Crippen molar-refractivity contribution in [2.24, 2.45) is 0 Å². The lowest BCUT2D eigenvalue weighted by Crippen LogP contribution is -2.24. The molecule has 1 aliphatic rings. The normalized spacial score (nSPS) is 21.0. The van der Waals surface area contributed by atoms with E-state index in [-0.39, 0.29) is 0 Å². The summed E-state index contributed by atoms with van der Waals surface area (Å²) in [6.45, 7) is 6.83. The van der Waals surface area contributed by atoms with Crippen molar-refractivity contribution in [2.75, 3.05) is 33.1 Å². The lowest BCUT2D eigenvalue weighted by atomic mass is 10.6. The standard InChI is InChI=1S/C6H14N2O/c1-2-9-6-8-4-3-7-5-8/h7H,2-6H2,1H3. The van der Waals surface area contributed by atoms with Crippen molar-refractivity contribution in [1.82, 2.24) is 10.2 Å². The Morgan fingerprint density at radius 2 is 2.56 bits per heavy atom. The Balaban J connectivity index is 1.98. The van der Waals surface area contributed by atoms with E-state index < -0.39 is 0 Å². The molecule has 0 spiro atoms. The highest BCUT2D eigenvalue weighted by Crippen LogP contribution is 1.91. The molecule has 0 radical (unpaired) electrons. The van der Waals surface area contributed by atoms with Crippen LogP contribution in [0.25, 0.3) is 0 Å². The number of rotatable bonds is 3. The first-order chi connectivity index (χ1) is 4.43. The Labute approximate surface area is 56.0 Å². The molecule has 1 fully saturated rings. The van der Waals surface area contributed by atoms with Gasteiger partial charge in [-0.2, -0.15) is 0 Å². The second-order valence-electron chi connectivity index (χ2n) is 2.17. The zero-order valence-corrected chi connectivity index (χ0v) is 5.89. The predicted molar refractivity (Wildman–Crippen MR) is 36.1 cm³/mol. The van der Waals surface area contributed by atoms with Crippen molar-refractivity contribution in [3.05, 3.63) is 0 Å². The first-order valence-electron chi connectivity index (χ1n) is 3.44. The van der Waals surface area contributed by atoms with Crippen LogP contribution in [0.3, 0.4) is 0 Å². The maximum absolute atomic E-state index is 5.20. The fraction of sp³-hybridized carbons (Fsp3) is 1.00. The van der Waals surface area contributed by atoms with Crippen LogP contribution >= 0.6 is 0 Å². The molecule has 0 unspecified atom stereocenters. The SMILES string of the molecule is CCOCN1CCNC1. The summed E-state index contributed by atoms with van der Waals surface area (Å²) in [5, 5.41) is 3.23. The third-order valence-electron chi connectivity index (χ3n) is 1.42. The van der Waals surface area contributed by atoms with Crippen molar-refractivity contribution in [2.45, 2.75) is 6.92 Å². The van der Waals surface area contributed by atoms with Crippen LogP contribution in [0.15, 0.2) is 0 Å². The van der Waals surface area contributed by atoms with Gasteiger partial charge in [0.2, 0.25) is 0 Å². The fourth-order valence-corrected chi connectivity index (χ4v) is 0.884. The van der Waals surface area contributed by atoms with E-state index in [1.54, 1.807) is 0 Å². The molecular formula is C6H14N2O. The summed E-state index contributed by atoms with van der Waals surface area (Å²) in [5.74, 6) is 0. The zero-order chi connectivity index (χ0) is 6.53. The van der Waals surface area contributed by atoms with Crippen LogP contribution in [-0.4, -0.2) is 38.0 Å². The molecule has 1 saturated heterocycles. The number of nitrogens with zero attached hydrogens (tertiary/aromatic N) is 1. The van der Waals surface area contributed by atoms with Gasteiger partial charge in [-0.05, 0) is 6.92 Å². The van der Waals surface area contributed by atoms with Gasteiger partial charge < -0.3 is 10.1 Å². The Bertz CT molecular complexity index is 71.5. The van der Waals surface area contributed by atoms with E-state index >= 15 is 0 Å². The van der Waals surface area contributed by atoms with E-state index in [0.29, 0.717) is 0 Å². The maximum atomic E-state index is 5.20. The molecular weight excluding hydrogens is 116 g/mol. The Hall–Kier alpha value is -0.120. The first kappa shape index (κ1) is 6.99.